The van der Waals surface area contributed by atoms with Crippen LogP contribution in [0.2, 0.25) is 0 Å². The van der Waals surface area contributed by atoms with Crippen LogP contribution in [0.4, 0.5) is 0 Å². The Morgan fingerprint density at radius 1 is 0.909 bits per heavy atom. The minimum Gasteiger partial charge on any atom is -0.497 e. The lowest BCUT2D eigenvalue weighted by atomic mass is 10.1. The quantitative estimate of drug-likeness (QED) is 0.106. The monoisotopic (exact) mass is 610 g/mol. The van der Waals surface area contributed by atoms with Crippen molar-refractivity contribution in [3.8, 4) is 11.5 Å². The molecule has 1 aromatic carbocycles. The summed E-state index contributed by atoms with van der Waals surface area (Å²) >= 11 is 0. The van der Waals surface area contributed by atoms with E-state index in [9.17, 15) is 9.59 Å². The van der Waals surface area contributed by atoms with Crippen LogP contribution in [0.15, 0.2) is 72.2 Å². The first-order valence-electron chi connectivity index (χ1n) is 15.0. The zero-order valence-electron chi connectivity index (χ0n) is 26.3. The molecule has 0 saturated carbocycles. The lowest BCUT2D eigenvalue weighted by Gasteiger charge is -2.26. The van der Waals surface area contributed by atoms with Crippen molar-refractivity contribution in [3.05, 3.63) is 77.8 Å². The molecule has 0 N–H and O–H groups in total. The van der Waals surface area contributed by atoms with Gasteiger partial charge in [0.05, 0.1) is 52.8 Å². The fourth-order valence-corrected chi connectivity index (χ4v) is 4.59. The van der Waals surface area contributed by atoms with Crippen LogP contribution < -0.4 is 9.47 Å². The van der Waals surface area contributed by atoms with Crippen LogP contribution >= 0.6 is 0 Å². The molecule has 0 amide bonds. The van der Waals surface area contributed by atoms with Crippen LogP contribution in [-0.2, 0) is 28.5 Å². The van der Waals surface area contributed by atoms with Gasteiger partial charge < -0.3 is 28.4 Å². The molecule has 0 radical (unpaired) electrons. The molecular weight excluding hydrogens is 564 g/mol. The number of rotatable bonds is 18. The summed E-state index contributed by atoms with van der Waals surface area (Å²) in [5, 5.41) is 0. The number of carbonyl (C=O) groups is 2. The third-order valence-corrected chi connectivity index (χ3v) is 7.13. The number of methoxy groups -OCH3 is 2. The predicted octanol–water partition coefficient (Wildman–Crippen LogP) is 3.84. The normalized spacial score (nSPS) is 17.4. The second-order valence-corrected chi connectivity index (χ2v) is 10.3. The molecule has 1 aromatic rings. The molecule has 10 nitrogen and oxygen atoms in total. The van der Waals surface area contributed by atoms with Crippen molar-refractivity contribution < 1.29 is 38.0 Å². The minimum atomic E-state index is -0.340. The molecule has 0 atom stereocenters. The molecule has 0 spiro atoms. The number of benzene rings is 1. The molecule has 3 rings (SSSR count). The van der Waals surface area contributed by atoms with Crippen molar-refractivity contribution in [1.82, 2.24) is 9.80 Å². The molecule has 2 saturated heterocycles. The van der Waals surface area contributed by atoms with E-state index in [-0.39, 0.29) is 18.0 Å². The highest BCUT2D eigenvalue weighted by atomic mass is 16.5. The Hall–Kier alpha value is -3.70. The van der Waals surface area contributed by atoms with Gasteiger partial charge >= 0.3 is 0 Å². The lowest BCUT2D eigenvalue weighted by molar-refractivity contribution is -0.121. The number of allylic oxidation sites excluding steroid dienone is 7. The highest BCUT2D eigenvalue weighted by Gasteiger charge is 2.12. The van der Waals surface area contributed by atoms with E-state index in [2.05, 4.69) is 16.4 Å². The van der Waals surface area contributed by atoms with E-state index in [0.717, 1.165) is 65.7 Å². The van der Waals surface area contributed by atoms with Crippen LogP contribution in [-0.4, -0.2) is 114 Å². The highest BCUT2D eigenvalue weighted by molar-refractivity contribution is 6.10. The maximum atomic E-state index is 12.5. The molecule has 10 heteroatoms. The van der Waals surface area contributed by atoms with Gasteiger partial charge in [0.1, 0.15) is 30.5 Å². The number of ether oxygens (including phenoxy) is 6. The lowest BCUT2D eigenvalue weighted by Crippen LogP contribution is -2.38. The third-order valence-electron chi connectivity index (χ3n) is 7.13. The van der Waals surface area contributed by atoms with Gasteiger partial charge in [-0.25, -0.2) is 0 Å². The minimum absolute atomic E-state index is 0.274. The van der Waals surface area contributed by atoms with Crippen molar-refractivity contribution in [2.24, 2.45) is 0 Å². The van der Waals surface area contributed by atoms with Gasteiger partial charge in [-0.3, -0.25) is 19.4 Å². The number of morpholine rings is 2. The summed E-state index contributed by atoms with van der Waals surface area (Å²) in [7, 11) is 3.10. The molecule has 2 aliphatic rings. The summed E-state index contributed by atoms with van der Waals surface area (Å²) in [5.41, 5.74) is 1.30. The van der Waals surface area contributed by atoms with E-state index >= 15 is 0 Å². The van der Waals surface area contributed by atoms with Crippen LogP contribution in [0.5, 0.6) is 11.5 Å². The van der Waals surface area contributed by atoms with Crippen LogP contribution in [0.3, 0.4) is 0 Å². The van der Waals surface area contributed by atoms with Crippen molar-refractivity contribution >= 4 is 17.6 Å². The molecule has 0 bridgehead atoms. The zero-order valence-corrected chi connectivity index (χ0v) is 26.3. The van der Waals surface area contributed by atoms with Gasteiger partial charge in [-0.1, -0.05) is 12.7 Å². The molecule has 0 aliphatic carbocycles. The van der Waals surface area contributed by atoms with E-state index in [1.165, 1.54) is 12.2 Å². The topological polar surface area (TPSA) is 96.0 Å². The first kappa shape index (κ1) is 34.8. The van der Waals surface area contributed by atoms with Gasteiger partial charge in [-0.2, -0.15) is 0 Å². The number of hydrogen-bond acceptors (Lipinski definition) is 10. The standard InChI is InChI=1S/C34H46N2O8/c1-5-28(33(39-3)24-27(2)43-22-16-35-12-18-41-19-13-35)6-9-30(37)25-31(38)10-7-29-8-11-32(26-34(29)40-4)44-23-17-36-14-20-42-21-15-36/h5-11,24,26H,1,12-23,25H2,2-4H3/b9-6+,10-7+,27-24+,33-28-. The Bertz CT molecular complexity index is 1210. The Morgan fingerprint density at radius 2 is 1.55 bits per heavy atom. The third kappa shape index (κ3) is 12.5. The van der Waals surface area contributed by atoms with Crippen molar-refractivity contribution in [2.45, 2.75) is 13.3 Å². The average Bonchev–Trinajstić information content (AvgIpc) is 3.04. The molecule has 0 aromatic heterocycles. The van der Waals surface area contributed by atoms with E-state index in [1.54, 1.807) is 44.6 Å². The summed E-state index contributed by atoms with van der Waals surface area (Å²) < 4.78 is 33.5. The van der Waals surface area contributed by atoms with E-state index in [0.29, 0.717) is 47.4 Å². The Balaban J connectivity index is 1.50. The van der Waals surface area contributed by atoms with Gasteiger partial charge in [0.15, 0.2) is 11.6 Å². The van der Waals surface area contributed by atoms with Gasteiger partial charge in [0, 0.05) is 62.5 Å². The maximum absolute atomic E-state index is 12.5. The smallest absolute Gasteiger partial charge is 0.163 e. The summed E-state index contributed by atoms with van der Waals surface area (Å²) in [6.45, 7) is 15.0. The highest BCUT2D eigenvalue weighted by Crippen LogP contribution is 2.26. The number of ketones is 2. The van der Waals surface area contributed by atoms with Crippen LogP contribution in [0, 0.1) is 0 Å². The molecule has 0 unspecified atom stereocenters. The number of nitrogens with zero attached hydrogens (tertiary/aromatic N) is 2. The summed E-state index contributed by atoms with van der Waals surface area (Å²) in [6, 6.07) is 5.45. The van der Waals surface area contributed by atoms with Gasteiger partial charge in [0.25, 0.3) is 0 Å². The SMILES string of the molecule is C=CC(/C=C/C(=O)CC(=O)/C=C/c1ccc(OCCN2CCOCC2)cc1OC)=C(\C=C(/C)OCCN1CCOCC1)OC. The number of carbonyl (C=O) groups excluding carboxylic acids is 2. The van der Waals surface area contributed by atoms with Crippen molar-refractivity contribution in [2.75, 3.05) is 93.1 Å². The van der Waals surface area contributed by atoms with Crippen LogP contribution in [0.1, 0.15) is 18.9 Å². The summed E-state index contributed by atoms with van der Waals surface area (Å²) in [5.74, 6) is 1.77. The Labute approximate surface area is 261 Å². The van der Waals surface area contributed by atoms with Gasteiger partial charge in [0.2, 0.25) is 0 Å². The second kappa shape index (κ2) is 19.6. The van der Waals surface area contributed by atoms with Crippen molar-refractivity contribution in [3.63, 3.8) is 0 Å². The zero-order chi connectivity index (χ0) is 31.6. The van der Waals surface area contributed by atoms with Gasteiger partial charge in [-0.15, -0.1) is 0 Å². The Morgan fingerprint density at radius 3 is 2.16 bits per heavy atom. The van der Waals surface area contributed by atoms with E-state index in [4.69, 9.17) is 28.4 Å². The van der Waals surface area contributed by atoms with E-state index < -0.39 is 0 Å². The molecule has 2 heterocycles. The fourth-order valence-electron chi connectivity index (χ4n) is 4.59. The molecule has 240 valence electrons. The largest absolute Gasteiger partial charge is 0.497 e. The maximum Gasteiger partial charge on any atom is 0.163 e. The second-order valence-electron chi connectivity index (χ2n) is 10.3. The molecular formula is C34H46N2O8. The van der Waals surface area contributed by atoms with Crippen LogP contribution in [0.25, 0.3) is 6.08 Å². The summed E-state index contributed by atoms with van der Waals surface area (Å²) in [6.07, 6.45) is 9.03. The molecule has 44 heavy (non-hydrogen) atoms. The van der Waals surface area contributed by atoms with Crippen molar-refractivity contribution in [1.29, 1.82) is 0 Å². The summed E-state index contributed by atoms with van der Waals surface area (Å²) in [4.78, 5) is 29.7. The fraction of sp³-hybridized carbons (Fsp3) is 0.471. The predicted molar refractivity (Wildman–Crippen MR) is 170 cm³/mol. The molecule has 2 aliphatic heterocycles. The average molecular weight is 611 g/mol. The molecule has 2 fully saturated rings. The Kier molecular flexibility index (Phi) is 15.5. The van der Waals surface area contributed by atoms with Gasteiger partial charge in [-0.05, 0) is 43.4 Å². The first-order valence-corrected chi connectivity index (χ1v) is 15.0. The first-order chi connectivity index (χ1) is 21.4. The van der Waals surface area contributed by atoms with E-state index in [1.807, 2.05) is 19.1 Å². The number of hydrogen-bond donors (Lipinski definition) is 0.